The lowest BCUT2D eigenvalue weighted by Gasteiger charge is -2.33. The molecule has 8 nitrogen and oxygen atoms in total. The lowest BCUT2D eigenvalue weighted by Crippen LogP contribution is -2.45. The summed E-state index contributed by atoms with van der Waals surface area (Å²) in [5.74, 6) is 0.513. The molecule has 0 radical (unpaired) electrons. The number of amides is 2. The number of piperidine rings is 2. The molecule has 2 aliphatic rings. The van der Waals surface area contributed by atoms with Crippen molar-refractivity contribution in [1.82, 2.24) is 20.1 Å². The Bertz CT molecular complexity index is 1340. The van der Waals surface area contributed by atoms with E-state index in [9.17, 15) is 9.59 Å². The van der Waals surface area contributed by atoms with Gasteiger partial charge in [-0.05, 0) is 74.6 Å². The average Bonchev–Trinajstić information content (AvgIpc) is 2.99. The predicted molar refractivity (Wildman–Crippen MR) is 152 cm³/mol. The summed E-state index contributed by atoms with van der Waals surface area (Å²) >= 11 is 0. The molecule has 8 heteroatoms. The van der Waals surface area contributed by atoms with Crippen molar-refractivity contribution in [1.29, 1.82) is 5.26 Å². The van der Waals surface area contributed by atoms with Gasteiger partial charge >= 0.3 is 0 Å². The summed E-state index contributed by atoms with van der Waals surface area (Å²) in [6.45, 7) is 5.85. The summed E-state index contributed by atoms with van der Waals surface area (Å²) in [5, 5.41) is 12.1. The standard InChI is InChI=1S/C32H35N5O3/c1-23-4-11-28(12-5-23)40-29-3-2-16-37(22-29)32(39)26-10-13-30(34-20-26)31(38)35-27-14-17-36(18-15-27)21-25-8-6-24(19-33)7-9-25/h4-13,20,27,29H,2-3,14-18,21-22H2,1H3,(H,35,38). The predicted octanol–water partition coefficient (Wildman–Crippen LogP) is 4.34. The fraction of sp³-hybridized carbons (Fsp3) is 0.375. The van der Waals surface area contributed by atoms with Gasteiger partial charge in [0.25, 0.3) is 11.8 Å². The number of nitrogens with zero attached hydrogens (tertiary/aromatic N) is 4. The van der Waals surface area contributed by atoms with Crippen molar-refractivity contribution in [2.24, 2.45) is 0 Å². The third-order valence-corrected chi connectivity index (χ3v) is 7.64. The lowest BCUT2D eigenvalue weighted by atomic mass is 10.0. The van der Waals surface area contributed by atoms with Crippen LogP contribution in [0, 0.1) is 18.3 Å². The Morgan fingerprint density at radius 3 is 2.42 bits per heavy atom. The molecular weight excluding hydrogens is 502 g/mol. The number of carbonyl (C=O) groups is 2. The van der Waals surface area contributed by atoms with Crippen LogP contribution < -0.4 is 10.1 Å². The van der Waals surface area contributed by atoms with Crippen LogP contribution in [0.2, 0.25) is 0 Å². The molecule has 2 fully saturated rings. The summed E-state index contributed by atoms with van der Waals surface area (Å²) in [6.07, 6.45) is 4.96. The van der Waals surface area contributed by atoms with Crippen molar-refractivity contribution < 1.29 is 14.3 Å². The van der Waals surface area contributed by atoms with Crippen LogP contribution in [0.25, 0.3) is 0 Å². The van der Waals surface area contributed by atoms with E-state index in [4.69, 9.17) is 10.00 Å². The van der Waals surface area contributed by atoms with Crippen LogP contribution >= 0.6 is 0 Å². The first-order valence-corrected chi connectivity index (χ1v) is 14.0. The summed E-state index contributed by atoms with van der Waals surface area (Å²) in [5.41, 5.74) is 3.82. The molecular formula is C32H35N5O3. The van der Waals surface area contributed by atoms with Crippen molar-refractivity contribution in [2.45, 2.75) is 51.3 Å². The molecule has 0 spiro atoms. The van der Waals surface area contributed by atoms with Crippen LogP contribution in [0.4, 0.5) is 0 Å². The Balaban J connectivity index is 1.08. The normalized spacial score (nSPS) is 18.1. The molecule has 3 heterocycles. The van der Waals surface area contributed by atoms with Gasteiger partial charge in [0, 0.05) is 38.4 Å². The molecule has 0 aliphatic carbocycles. The number of nitriles is 1. The van der Waals surface area contributed by atoms with Crippen molar-refractivity contribution >= 4 is 11.8 Å². The third-order valence-electron chi connectivity index (χ3n) is 7.64. The highest BCUT2D eigenvalue weighted by Crippen LogP contribution is 2.21. The van der Waals surface area contributed by atoms with E-state index in [1.807, 2.05) is 60.4 Å². The first kappa shape index (κ1) is 27.4. The number of aromatic nitrogens is 1. The van der Waals surface area contributed by atoms with Gasteiger partial charge in [0.1, 0.15) is 17.5 Å². The molecule has 1 N–H and O–H groups in total. The van der Waals surface area contributed by atoms with Gasteiger partial charge in [-0.2, -0.15) is 5.26 Å². The molecule has 1 aromatic heterocycles. The minimum absolute atomic E-state index is 0.0473. The summed E-state index contributed by atoms with van der Waals surface area (Å²) in [4.78, 5) is 34.5. The third kappa shape index (κ3) is 7.04. The van der Waals surface area contributed by atoms with E-state index < -0.39 is 0 Å². The number of hydrogen-bond acceptors (Lipinski definition) is 6. The second-order valence-corrected chi connectivity index (χ2v) is 10.7. The topological polar surface area (TPSA) is 98.6 Å². The molecule has 206 valence electrons. The maximum absolute atomic E-state index is 13.1. The van der Waals surface area contributed by atoms with Crippen LogP contribution in [0.15, 0.2) is 66.9 Å². The number of ether oxygens (including phenoxy) is 1. The van der Waals surface area contributed by atoms with E-state index in [0.29, 0.717) is 29.9 Å². The second kappa shape index (κ2) is 12.8. The number of benzene rings is 2. The van der Waals surface area contributed by atoms with Crippen LogP contribution in [-0.4, -0.2) is 64.9 Å². The lowest BCUT2D eigenvalue weighted by molar-refractivity contribution is 0.0537. The second-order valence-electron chi connectivity index (χ2n) is 10.7. The molecule has 0 bridgehead atoms. The maximum atomic E-state index is 13.1. The van der Waals surface area contributed by atoms with Crippen LogP contribution in [0.3, 0.4) is 0 Å². The van der Waals surface area contributed by atoms with Gasteiger partial charge in [-0.15, -0.1) is 0 Å². The zero-order valence-electron chi connectivity index (χ0n) is 22.9. The van der Waals surface area contributed by atoms with Crippen molar-refractivity contribution in [3.63, 3.8) is 0 Å². The average molecular weight is 538 g/mol. The first-order valence-electron chi connectivity index (χ1n) is 14.0. The van der Waals surface area contributed by atoms with E-state index in [1.165, 1.54) is 17.3 Å². The van der Waals surface area contributed by atoms with Crippen molar-refractivity contribution in [3.05, 3.63) is 94.8 Å². The molecule has 40 heavy (non-hydrogen) atoms. The van der Waals surface area contributed by atoms with Crippen molar-refractivity contribution in [2.75, 3.05) is 26.2 Å². The molecule has 2 amide bonds. The largest absolute Gasteiger partial charge is 0.489 e. The molecule has 1 atom stereocenters. The monoisotopic (exact) mass is 537 g/mol. The van der Waals surface area contributed by atoms with Gasteiger partial charge in [0.15, 0.2) is 0 Å². The Morgan fingerprint density at radius 1 is 1.00 bits per heavy atom. The van der Waals surface area contributed by atoms with Gasteiger partial charge in [-0.1, -0.05) is 29.8 Å². The van der Waals surface area contributed by atoms with Gasteiger partial charge < -0.3 is 15.0 Å². The fourth-order valence-corrected chi connectivity index (χ4v) is 5.30. The van der Waals surface area contributed by atoms with Crippen molar-refractivity contribution in [3.8, 4) is 11.8 Å². The highest BCUT2D eigenvalue weighted by atomic mass is 16.5. The van der Waals surface area contributed by atoms with E-state index in [-0.39, 0.29) is 24.0 Å². The molecule has 1 unspecified atom stereocenters. The Kier molecular flexibility index (Phi) is 8.72. The number of aryl methyl sites for hydroxylation is 1. The van der Waals surface area contributed by atoms with Gasteiger partial charge in [-0.25, -0.2) is 0 Å². The van der Waals surface area contributed by atoms with Gasteiger partial charge in [0.05, 0.1) is 23.7 Å². The van der Waals surface area contributed by atoms with Crippen LogP contribution in [0.1, 0.15) is 63.2 Å². The molecule has 2 aromatic carbocycles. The summed E-state index contributed by atoms with van der Waals surface area (Å²) in [7, 11) is 0. The number of carbonyl (C=O) groups excluding carboxylic acids is 2. The van der Waals surface area contributed by atoms with Gasteiger partial charge in [0.2, 0.25) is 0 Å². The van der Waals surface area contributed by atoms with E-state index in [1.54, 1.807) is 12.1 Å². The number of likely N-dealkylation sites (tertiary alicyclic amines) is 2. The highest BCUT2D eigenvalue weighted by Gasteiger charge is 2.27. The number of pyridine rings is 1. The quantitative estimate of drug-likeness (QED) is 0.482. The number of nitrogens with one attached hydrogen (secondary N) is 1. The van der Waals surface area contributed by atoms with Crippen LogP contribution in [-0.2, 0) is 6.54 Å². The van der Waals surface area contributed by atoms with E-state index in [2.05, 4.69) is 21.3 Å². The van der Waals surface area contributed by atoms with Crippen LogP contribution in [0.5, 0.6) is 5.75 Å². The molecule has 2 saturated heterocycles. The SMILES string of the molecule is Cc1ccc(OC2CCCN(C(=O)c3ccc(C(=O)NC4CCN(Cc5ccc(C#N)cc5)CC4)nc3)C2)cc1. The Morgan fingerprint density at radius 2 is 1.75 bits per heavy atom. The maximum Gasteiger partial charge on any atom is 0.270 e. The highest BCUT2D eigenvalue weighted by molar-refractivity contribution is 5.96. The number of rotatable bonds is 7. The molecule has 5 rings (SSSR count). The van der Waals surface area contributed by atoms with E-state index >= 15 is 0 Å². The summed E-state index contributed by atoms with van der Waals surface area (Å²) in [6, 6.07) is 21.2. The molecule has 0 saturated carbocycles. The zero-order valence-corrected chi connectivity index (χ0v) is 22.9. The van der Waals surface area contributed by atoms with Gasteiger partial charge in [-0.3, -0.25) is 19.5 Å². The summed E-state index contributed by atoms with van der Waals surface area (Å²) < 4.78 is 6.12. The Hall–Kier alpha value is -4.22. The number of hydrogen-bond donors (Lipinski definition) is 1. The first-order chi connectivity index (χ1) is 19.5. The van der Waals surface area contributed by atoms with E-state index in [0.717, 1.165) is 51.1 Å². The minimum Gasteiger partial charge on any atom is -0.489 e. The Labute approximate surface area is 235 Å². The fourth-order valence-electron chi connectivity index (χ4n) is 5.30. The zero-order chi connectivity index (χ0) is 27.9. The molecule has 3 aromatic rings. The minimum atomic E-state index is -0.214. The molecule has 2 aliphatic heterocycles. The smallest absolute Gasteiger partial charge is 0.270 e.